The highest BCUT2D eigenvalue weighted by Gasteiger charge is 2.15. The molecule has 16 heavy (non-hydrogen) atoms. The smallest absolute Gasteiger partial charge is 0.326 e. The van der Waals surface area contributed by atoms with Crippen LogP contribution in [0.2, 0.25) is 0 Å². The summed E-state index contributed by atoms with van der Waals surface area (Å²) in [7, 11) is 0. The number of aliphatic carboxylic acids is 1. The molecule has 1 unspecified atom stereocenters. The minimum absolute atomic E-state index is 0.524. The maximum absolute atomic E-state index is 10.9. The van der Waals surface area contributed by atoms with Crippen molar-refractivity contribution < 1.29 is 14.6 Å². The van der Waals surface area contributed by atoms with Gasteiger partial charge in [-0.05, 0) is 25.5 Å². The number of carboxylic acid groups (broad SMARTS) is 1. The van der Waals surface area contributed by atoms with Gasteiger partial charge in [-0.1, -0.05) is 19.1 Å². The lowest BCUT2D eigenvalue weighted by molar-refractivity contribution is -0.137. The van der Waals surface area contributed by atoms with Crippen LogP contribution in [-0.2, 0) is 4.79 Å². The second-order valence-corrected chi connectivity index (χ2v) is 3.37. The number of hydrogen-bond acceptors (Lipinski definition) is 3. The largest absolute Gasteiger partial charge is 0.492 e. The third kappa shape index (κ3) is 3.15. The molecule has 1 aromatic rings. The molecule has 0 bridgehead atoms. The van der Waals surface area contributed by atoms with E-state index in [2.05, 4.69) is 5.32 Å². The first-order chi connectivity index (χ1) is 7.69. The first kappa shape index (κ1) is 12.4. The van der Waals surface area contributed by atoms with Gasteiger partial charge in [0.15, 0.2) is 0 Å². The van der Waals surface area contributed by atoms with Crippen molar-refractivity contribution in [3.8, 4) is 5.75 Å². The van der Waals surface area contributed by atoms with Crippen LogP contribution in [0.3, 0.4) is 0 Å². The molecule has 1 atom stereocenters. The van der Waals surface area contributed by atoms with E-state index in [-0.39, 0.29) is 0 Å². The first-order valence-corrected chi connectivity index (χ1v) is 5.40. The Morgan fingerprint density at radius 2 is 2.12 bits per heavy atom. The van der Waals surface area contributed by atoms with Gasteiger partial charge in [0.1, 0.15) is 11.8 Å². The van der Waals surface area contributed by atoms with Crippen LogP contribution in [0.5, 0.6) is 5.75 Å². The summed E-state index contributed by atoms with van der Waals surface area (Å²) in [6.07, 6.45) is 0.524. The van der Waals surface area contributed by atoms with E-state index in [9.17, 15) is 4.79 Å². The van der Waals surface area contributed by atoms with Crippen molar-refractivity contribution in [2.45, 2.75) is 26.3 Å². The lowest BCUT2D eigenvalue weighted by Crippen LogP contribution is -2.28. The summed E-state index contributed by atoms with van der Waals surface area (Å²) in [5.74, 6) is -0.168. The van der Waals surface area contributed by atoms with Crippen LogP contribution in [0.25, 0.3) is 0 Å². The normalized spacial score (nSPS) is 11.9. The molecule has 88 valence electrons. The van der Waals surface area contributed by atoms with Crippen molar-refractivity contribution in [3.63, 3.8) is 0 Å². The fraction of sp³-hybridized carbons (Fsp3) is 0.417. The molecule has 2 N–H and O–H groups in total. The summed E-state index contributed by atoms with van der Waals surface area (Å²) in [4.78, 5) is 10.9. The summed E-state index contributed by atoms with van der Waals surface area (Å²) in [5, 5.41) is 11.9. The van der Waals surface area contributed by atoms with Gasteiger partial charge in [0.2, 0.25) is 0 Å². The Balaban J connectivity index is 2.82. The van der Waals surface area contributed by atoms with Crippen LogP contribution in [0.4, 0.5) is 5.69 Å². The van der Waals surface area contributed by atoms with Gasteiger partial charge < -0.3 is 15.2 Å². The molecule has 0 aliphatic heterocycles. The van der Waals surface area contributed by atoms with Crippen molar-refractivity contribution in [3.05, 3.63) is 24.3 Å². The number of carboxylic acids is 1. The van der Waals surface area contributed by atoms with Gasteiger partial charge in [0, 0.05) is 0 Å². The molecule has 0 spiro atoms. The number of anilines is 1. The zero-order valence-electron chi connectivity index (χ0n) is 9.56. The molecule has 0 heterocycles. The van der Waals surface area contributed by atoms with Crippen LogP contribution in [0, 0.1) is 0 Å². The average molecular weight is 223 g/mol. The SMILES string of the molecule is CCOc1ccccc1NC(CC)C(=O)O. The van der Waals surface area contributed by atoms with E-state index in [1.807, 2.05) is 38.1 Å². The lowest BCUT2D eigenvalue weighted by atomic mass is 10.2. The Morgan fingerprint density at radius 1 is 1.44 bits per heavy atom. The zero-order valence-corrected chi connectivity index (χ0v) is 9.56. The standard InChI is InChI=1S/C12H17NO3/c1-3-9(12(14)15)13-10-7-5-6-8-11(10)16-4-2/h5-9,13H,3-4H2,1-2H3,(H,14,15). The van der Waals surface area contributed by atoms with E-state index in [1.54, 1.807) is 0 Å². The molecule has 0 aliphatic carbocycles. The molecule has 0 fully saturated rings. The van der Waals surface area contributed by atoms with E-state index >= 15 is 0 Å². The maximum atomic E-state index is 10.9. The predicted octanol–water partition coefficient (Wildman–Crippen LogP) is 2.36. The molecule has 0 amide bonds. The van der Waals surface area contributed by atoms with Crippen molar-refractivity contribution in [2.24, 2.45) is 0 Å². The van der Waals surface area contributed by atoms with Crippen molar-refractivity contribution in [1.82, 2.24) is 0 Å². The Kier molecular flexibility index (Phi) is 4.64. The van der Waals surface area contributed by atoms with Crippen LogP contribution in [0.15, 0.2) is 24.3 Å². The summed E-state index contributed by atoms with van der Waals surface area (Å²) < 4.78 is 5.41. The summed E-state index contributed by atoms with van der Waals surface area (Å²) >= 11 is 0. The third-order valence-electron chi connectivity index (χ3n) is 2.22. The highest BCUT2D eigenvalue weighted by molar-refractivity contribution is 5.78. The van der Waals surface area contributed by atoms with Crippen molar-refractivity contribution in [2.75, 3.05) is 11.9 Å². The van der Waals surface area contributed by atoms with Gasteiger partial charge in [0.05, 0.1) is 12.3 Å². The molecule has 0 aliphatic rings. The van der Waals surface area contributed by atoms with Gasteiger partial charge in [0.25, 0.3) is 0 Å². The highest BCUT2D eigenvalue weighted by Crippen LogP contribution is 2.24. The first-order valence-electron chi connectivity index (χ1n) is 5.40. The second kappa shape index (κ2) is 6.00. The summed E-state index contributed by atoms with van der Waals surface area (Å²) in [6, 6.07) is 6.76. The van der Waals surface area contributed by atoms with Crippen LogP contribution in [0.1, 0.15) is 20.3 Å². The number of benzene rings is 1. The molecular formula is C12H17NO3. The van der Waals surface area contributed by atoms with Gasteiger partial charge in [-0.2, -0.15) is 0 Å². The Bertz CT molecular complexity index is 352. The minimum Gasteiger partial charge on any atom is -0.492 e. The van der Waals surface area contributed by atoms with E-state index in [0.29, 0.717) is 18.8 Å². The van der Waals surface area contributed by atoms with Crippen LogP contribution >= 0.6 is 0 Å². The molecule has 0 radical (unpaired) electrons. The van der Waals surface area contributed by atoms with Gasteiger partial charge in [-0.15, -0.1) is 0 Å². The van der Waals surface area contributed by atoms with E-state index in [0.717, 1.165) is 5.69 Å². The fourth-order valence-electron chi connectivity index (χ4n) is 1.39. The summed E-state index contributed by atoms with van der Waals surface area (Å²) in [6.45, 7) is 4.28. The summed E-state index contributed by atoms with van der Waals surface area (Å²) in [5.41, 5.74) is 0.721. The lowest BCUT2D eigenvalue weighted by Gasteiger charge is -2.16. The zero-order chi connectivity index (χ0) is 12.0. The third-order valence-corrected chi connectivity index (χ3v) is 2.22. The number of rotatable bonds is 6. The maximum Gasteiger partial charge on any atom is 0.326 e. The quantitative estimate of drug-likeness (QED) is 0.777. The topological polar surface area (TPSA) is 58.6 Å². The highest BCUT2D eigenvalue weighted by atomic mass is 16.5. The number of ether oxygens (including phenoxy) is 1. The molecule has 0 saturated heterocycles. The molecule has 4 nitrogen and oxygen atoms in total. The van der Waals surface area contributed by atoms with Gasteiger partial charge >= 0.3 is 5.97 Å². The molecule has 0 saturated carbocycles. The Hall–Kier alpha value is -1.71. The number of carbonyl (C=O) groups is 1. The van der Waals surface area contributed by atoms with Crippen LogP contribution < -0.4 is 10.1 Å². The number of hydrogen-bond donors (Lipinski definition) is 2. The average Bonchev–Trinajstić information content (AvgIpc) is 2.27. The van der Waals surface area contributed by atoms with Gasteiger partial charge in [-0.25, -0.2) is 4.79 Å². The van der Waals surface area contributed by atoms with Crippen LogP contribution in [-0.4, -0.2) is 23.7 Å². The molecular weight excluding hydrogens is 206 g/mol. The number of para-hydroxylation sites is 2. The van der Waals surface area contributed by atoms with Crippen molar-refractivity contribution >= 4 is 11.7 Å². The Labute approximate surface area is 95.2 Å². The monoisotopic (exact) mass is 223 g/mol. The van der Waals surface area contributed by atoms with E-state index in [4.69, 9.17) is 9.84 Å². The fourth-order valence-corrected chi connectivity index (χ4v) is 1.39. The molecule has 0 aromatic heterocycles. The number of nitrogens with one attached hydrogen (secondary N) is 1. The molecule has 1 rings (SSSR count). The predicted molar refractivity (Wildman–Crippen MR) is 62.9 cm³/mol. The van der Waals surface area contributed by atoms with Gasteiger partial charge in [-0.3, -0.25) is 0 Å². The van der Waals surface area contributed by atoms with Crippen molar-refractivity contribution in [1.29, 1.82) is 0 Å². The second-order valence-electron chi connectivity index (χ2n) is 3.37. The van der Waals surface area contributed by atoms with E-state index in [1.165, 1.54) is 0 Å². The minimum atomic E-state index is -0.853. The molecule has 1 aromatic carbocycles. The molecule has 4 heteroatoms. The van der Waals surface area contributed by atoms with E-state index < -0.39 is 12.0 Å². The Morgan fingerprint density at radius 3 is 2.69 bits per heavy atom.